The number of rotatable bonds is 34. The first-order chi connectivity index (χ1) is 26.8. The van der Waals surface area contributed by atoms with Gasteiger partial charge in [0.25, 0.3) is 20.2 Å². The monoisotopic (exact) mass is 860 g/mol. The second-order valence-corrected chi connectivity index (χ2v) is 18.0. The molecule has 0 spiro atoms. The van der Waals surface area contributed by atoms with Crippen LogP contribution in [0.2, 0.25) is 0 Å². The van der Waals surface area contributed by atoms with Gasteiger partial charge in [-0.05, 0) is 48.2 Å². The van der Waals surface area contributed by atoms with Crippen LogP contribution in [0.15, 0.2) is 36.4 Å². The number of methoxy groups -OCH3 is 2. The largest absolute Gasteiger partial charge is 0.493 e. The zero-order chi connectivity index (χ0) is 41.2. The lowest BCUT2D eigenvalue weighted by molar-refractivity contribution is -0.119. The molecular weight excluding hydrogens is 785 g/mol. The Balaban J connectivity index is 0.0000162. The standard InChI is InChI=1S/C43H70O11S2.2H3N/c1-5-7-9-11-13-15-17-19-21-23-29-53-38-27-25-35(31-40(38)51-3)42(55(45,46)47)33-37(44)34-43(56(48,49)50)36-26-28-39(41(32-36)52-4)54-30-24-22-20-18-16-14-12-10-8-6-2;;/h25-28,31-32,42-43H,5-24,29-30,33-34H2,1-4H3,(H,45,46,47)(H,48,49,50);2*1H3. The summed E-state index contributed by atoms with van der Waals surface area (Å²) in [6, 6.07) is 8.70. The van der Waals surface area contributed by atoms with Gasteiger partial charge in [-0.3, -0.25) is 13.9 Å². The van der Waals surface area contributed by atoms with E-state index in [2.05, 4.69) is 13.8 Å². The van der Waals surface area contributed by atoms with Crippen LogP contribution in [-0.4, -0.2) is 59.2 Å². The molecule has 2 aromatic rings. The zero-order valence-corrected chi connectivity index (χ0v) is 37.5. The van der Waals surface area contributed by atoms with E-state index in [1.807, 2.05) is 0 Å². The minimum Gasteiger partial charge on any atom is -0.493 e. The summed E-state index contributed by atoms with van der Waals surface area (Å²) in [6.07, 6.45) is 22.2. The average molecular weight is 861 g/mol. The second kappa shape index (κ2) is 31.0. The summed E-state index contributed by atoms with van der Waals surface area (Å²) in [7, 11) is -6.86. The Kier molecular flexibility index (Phi) is 29.4. The molecule has 336 valence electrons. The van der Waals surface area contributed by atoms with E-state index in [1.54, 1.807) is 0 Å². The highest BCUT2D eigenvalue weighted by atomic mass is 32.2. The average Bonchev–Trinajstić information content (AvgIpc) is 3.16. The van der Waals surface area contributed by atoms with Crippen LogP contribution < -0.4 is 31.2 Å². The molecule has 0 aliphatic rings. The van der Waals surface area contributed by atoms with Crippen molar-refractivity contribution < 1.29 is 49.7 Å². The summed E-state index contributed by atoms with van der Waals surface area (Å²) in [5.41, 5.74) is 0.135. The van der Waals surface area contributed by atoms with Gasteiger partial charge in [-0.2, -0.15) is 16.8 Å². The Bertz CT molecular complexity index is 1500. The Hall–Kier alpha value is -2.95. The van der Waals surface area contributed by atoms with Gasteiger partial charge in [0.15, 0.2) is 23.0 Å². The molecule has 0 saturated heterocycles. The van der Waals surface area contributed by atoms with Crippen LogP contribution in [0.5, 0.6) is 23.0 Å². The van der Waals surface area contributed by atoms with Crippen molar-refractivity contribution in [3.63, 3.8) is 0 Å². The lowest BCUT2D eigenvalue weighted by atomic mass is 10.0. The van der Waals surface area contributed by atoms with E-state index in [0.717, 1.165) is 38.5 Å². The molecule has 58 heavy (non-hydrogen) atoms. The summed E-state index contributed by atoms with van der Waals surface area (Å²) in [5, 5.41) is -3.42. The molecule has 0 aromatic heterocycles. The zero-order valence-electron chi connectivity index (χ0n) is 35.9. The summed E-state index contributed by atoms with van der Waals surface area (Å²) in [4.78, 5) is 13.3. The number of carbonyl (C=O) groups excluding carboxylic acids is 1. The fourth-order valence-electron chi connectivity index (χ4n) is 6.84. The molecule has 13 nitrogen and oxygen atoms in total. The summed E-state index contributed by atoms with van der Waals surface area (Å²) in [5.74, 6) is 0.437. The van der Waals surface area contributed by atoms with Crippen molar-refractivity contribution in [3.8, 4) is 23.0 Å². The molecule has 0 radical (unpaired) electrons. The van der Waals surface area contributed by atoms with Gasteiger partial charge in [-0.15, -0.1) is 0 Å². The van der Waals surface area contributed by atoms with Crippen molar-refractivity contribution >= 4 is 26.0 Å². The lowest BCUT2D eigenvalue weighted by Gasteiger charge is -2.19. The molecular formula is C43H76N2O11S2. The van der Waals surface area contributed by atoms with Gasteiger partial charge in [0.1, 0.15) is 16.3 Å². The van der Waals surface area contributed by atoms with Gasteiger partial charge in [0.2, 0.25) is 0 Å². The Labute approximate surface area is 350 Å². The van der Waals surface area contributed by atoms with Gasteiger partial charge in [0.05, 0.1) is 27.4 Å². The van der Waals surface area contributed by atoms with Gasteiger partial charge < -0.3 is 31.2 Å². The molecule has 2 rings (SSSR count). The SMILES string of the molecule is CCCCCCCCCCCCOc1ccc(C(CC(=O)CC(c2ccc(OCCCCCCCCCCCC)c(OC)c2)S(=O)(=O)O)S(=O)(=O)O)cc1OC.N.N. The number of hydrogen-bond donors (Lipinski definition) is 4. The van der Waals surface area contributed by atoms with Crippen molar-refractivity contribution in [1.82, 2.24) is 12.3 Å². The minimum absolute atomic E-state index is 0. The number of ketones is 1. The normalized spacial score (nSPS) is 12.5. The molecule has 0 amide bonds. The van der Waals surface area contributed by atoms with Gasteiger partial charge in [-0.1, -0.05) is 142 Å². The molecule has 0 heterocycles. The van der Waals surface area contributed by atoms with Gasteiger partial charge >= 0.3 is 0 Å². The van der Waals surface area contributed by atoms with Crippen molar-refractivity contribution in [3.05, 3.63) is 47.5 Å². The number of hydrogen-bond acceptors (Lipinski definition) is 11. The van der Waals surface area contributed by atoms with E-state index in [-0.39, 0.29) is 34.9 Å². The third kappa shape index (κ3) is 21.9. The van der Waals surface area contributed by atoms with Crippen LogP contribution in [0.25, 0.3) is 0 Å². The maximum absolute atomic E-state index is 13.3. The van der Waals surface area contributed by atoms with Gasteiger partial charge in [-0.25, -0.2) is 0 Å². The van der Waals surface area contributed by atoms with Crippen LogP contribution >= 0.6 is 0 Å². The highest BCUT2D eigenvalue weighted by Crippen LogP contribution is 2.38. The molecule has 8 N–H and O–H groups in total. The fraction of sp³-hybridized carbons (Fsp3) is 0.698. The molecule has 0 aliphatic carbocycles. The highest BCUT2D eigenvalue weighted by Gasteiger charge is 2.34. The number of benzene rings is 2. The van der Waals surface area contributed by atoms with E-state index in [4.69, 9.17) is 18.9 Å². The summed E-state index contributed by atoms with van der Waals surface area (Å²) < 4.78 is 93.3. The topological polar surface area (TPSA) is 233 Å². The van der Waals surface area contributed by atoms with E-state index in [0.29, 0.717) is 24.7 Å². The van der Waals surface area contributed by atoms with E-state index >= 15 is 0 Å². The van der Waals surface area contributed by atoms with Crippen molar-refractivity contribution in [2.75, 3.05) is 27.4 Å². The van der Waals surface area contributed by atoms with Crippen LogP contribution in [0.4, 0.5) is 0 Å². The van der Waals surface area contributed by atoms with Crippen LogP contribution in [-0.2, 0) is 25.0 Å². The first-order valence-corrected chi connectivity index (χ1v) is 23.9. The minimum atomic E-state index is -4.83. The highest BCUT2D eigenvalue weighted by molar-refractivity contribution is 7.86. The summed E-state index contributed by atoms with van der Waals surface area (Å²) in [6.45, 7) is 5.32. The molecule has 2 aromatic carbocycles. The fourth-order valence-corrected chi connectivity index (χ4v) is 8.61. The molecule has 0 aliphatic heterocycles. The Morgan fingerprint density at radius 1 is 0.500 bits per heavy atom. The van der Waals surface area contributed by atoms with Crippen LogP contribution in [0.3, 0.4) is 0 Å². The predicted octanol–water partition coefficient (Wildman–Crippen LogP) is 11.5. The van der Waals surface area contributed by atoms with E-state index in [1.165, 1.54) is 141 Å². The lowest BCUT2D eigenvalue weighted by Crippen LogP contribution is -2.21. The Morgan fingerprint density at radius 2 is 0.793 bits per heavy atom. The molecule has 15 heteroatoms. The molecule has 0 bridgehead atoms. The number of carbonyl (C=O) groups is 1. The third-order valence-electron chi connectivity index (χ3n) is 10.2. The van der Waals surface area contributed by atoms with Crippen LogP contribution in [0, 0.1) is 0 Å². The van der Waals surface area contributed by atoms with Crippen molar-refractivity contribution in [2.45, 2.75) is 166 Å². The molecule has 0 fully saturated rings. The number of Topliss-reactive ketones (excluding diaryl/α,β-unsaturated/α-hetero) is 1. The maximum Gasteiger partial charge on any atom is 0.272 e. The second-order valence-electron chi connectivity index (χ2n) is 14.8. The Morgan fingerprint density at radius 3 is 1.07 bits per heavy atom. The number of unbranched alkanes of at least 4 members (excludes halogenated alkanes) is 18. The quantitative estimate of drug-likeness (QED) is 0.0379. The molecule has 0 saturated carbocycles. The third-order valence-corrected chi connectivity index (χ3v) is 12.5. The number of ether oxygens (including phenoxy) is 4. The summed E-state index contributed by atoms with van der Waals surface area (Å²) >= 11 is 0. The molecule has 2 unspecified atom stereocenters. The molecule has 2 atom stereocenters. The first kappa shape index (κ1) is 55.0. The maximum atomic E-state index is 13.3. The smallest absolute Gasteiger partial charge is 0.272 e. The van der Waals surface area contributed by atoms with Crippen molar-refractivity contribution in [1.29, 1.82) is 0 Å². The van der Waals surface area contributed by atoms with Crippen molar-refractivity contribution in [2.24, 2.45) is 0 Å². The predicted molar refractivity (Wildman–Crippen MR) is 234 cm³/mol. The van der Waals surface area contributed by atoms with Crippen LogP contribution in [0.1, 0.15) is 177 Å². The first-order valence-electron chi connectivity index (χ1n) is 20.9. The van der Waals surface area contributed by atoms with Gasteiger partial charge in [0, 0.05) is 12.8 Å². The van der Waals surface area contributed by atoms with E-state index in [9.17, 15) is 30.7 Å². The van der Waals surface area contributed by atoms with E-state index < -0.39 is 49.4 Å².